The van der Waals surface area contributed by atoms with Crippen molar-refractivity contribution in [3.63, 3.8) is 0 Å². The Morgan fingerprint density at radius 2 is 1.74 bits per heavy atom. The Kier molecular flexibility index (Phi) is 7.00. The van der Waals surface area contributed by atoms with Gasteiger partial charge in [0.15, 0.2) is 6.29 Å². The van der Waals surface area contributed by atoms with Crippen molar-refractivity contribution in [2.75, 3.05) is 0 Å². The highest BCUT2D eigenvalue weighted by molar-refractivity contribution is 5.66. The largest absolute Gasteiger partial charge is 0.462 e. The lowest BCUT2D eigenvalue weighted by atomic mass is 9.37. The second-order valence-corrected chi connectivity index (χ2v) is 15.6. The molecule has 1 aliphatic heterocycles. The summed E-state index contributed by atoms with van der Waals surface area (Å²) in [7, 11) is 0. The maximum Gasteiger partial charge on any atom is 0.302 e. The number of allylic oxidation sites excluding steroid dienone is 1. The summed E-state index contributed by atoms with van der Waals surface area (Å²) in [5.41, 5.74) is -0.727. The third-order valence-corrected chi connectivity index (χ3v) is 12.8. The van der Waals surface area contributed by atoms with Crippen molar-refractivity contribution in [1.29, 1.82) is 0 Å². The number of carbonyl (C=O) groups is 1. The quantitative estimate of drug-likeness (QED) is 0.305. The predicted molar refractivity (Wildman–Crippen MR) is 147 cm³/mol. The minimum Gasteiger partial charge on any atom is -0.462 e. The van der Waals surface area contributed by atoms with Crippen molar-refractivity contribution >= 4 is 5.97 Å². The number of hydrogen-bond acceptors (Lipinski definition) is 7. The van der Waals surface area contributed by atoms with Gasteiger partial charge in [0.2, 0.25) is 0 Å². The Hall–Kier alpha value is -0.990. The van der Waals surface area contributed by atoms with E-state index >= 15 is 0 Å². The maximum atomic E-state index is 12.0. The lowest BCUT2D eigenvalue weighted by Crippen LogP contribution is -2.65. The molecule has 0 amide bonds. The second kappa shape index (κ2) is 9.26. The molecule has 4 fully saturated rings. The van der Waals surface area contributed by atoms with Crippen LogP contribution in [0.15, 0.2) is 11.6 Å². The van der Waals surface area contributed by atoms with Gasteiger partial charge in [0.05, 0.1) is 17.8 Å². The minimum atomic E-state index is -1.31. The second-order valence-electron chi connectivity index (χ2n) is 15.6. The maximum absolute atomic E-state index is 12.0. The zero-order valence-corrected chi connectivity index (χ0v) is 25.2. The molecule has 12 atom stereocenters. The van der Waals surface area contributed by atoms with Crippen LogP contribution in [0.4, 0.5) is 0 Å². The molecular weight excluding hydrogens is 496 g/mol. The fraction of sp³-hybridized carbons (Fsp3) is 0.906. The number of aliphatic hydroxyl groups excluding tert-OH is 3. The molecule has 0 aromatic rings. The van der Waals surface area contributed by atoms with E-state index in [0.717, 1.165) is 32.1 Å². The van der Waals surface area contributed by atoms with Crippen molar-refractivity contribution in [3.8, 4) is 0 Å². The van der Waals surface area contributed by atoms with E-state index in [0.29, 0.717) is 18.8 Å². The molecule has 4 aliphatic carbocycles. The van der Waals surface area contributed by atoms with Gasteiger partial charge in [-0.3, -0.25) is 4.79 Å². The normalized spacial score (nSPS) is 49.9. The Morgan fingerprint density at radius 1 is 1.08 bits per heavy atom. The summed E-state index contributed by atoms with van der Waals surface area (Å²) in [6.45, 7) is 16.1. The van der Waals surface area contributed by atoms with E-state index in [4.69, 9.17) is 9.47 Å². The Morgan fingerprint density at radius 3 is 2.36 bits per heavy atom. The molecule has 0 spiro atoms. The van der Waals surface area contributed by atoms with Crippen LogP contribution in [0.1, 0.15) is 100 Å². The van der Waals surface area contributed by atoms with E-state index in [1.54, 1.807) is 13.8 Å². The first-order chi connectivity index (χ1) is 17.9. The molecule has 0 aromatic heterocycles. The van der Waals surface area contributed by atoms with E-state index in [1.807, 2.05) is 0 Å². The van der Waals surface area contributed by atoms with Crippen LogP contribution in [0.3, 0.4) is 0 Å². The number of ether oxygens (including phenoxy) is 2. The highest BCUT2D eigenvalue weighted by Crippen LogP contribution is 2.73. The minimum absolute atomic E-state index is 0.0201. The summed E-state index contributed by atoms with van der Waals surface area (Å²) in [6.07, 6.45) is 4.85. The number of esters is 1. The zero-order valence-electron chi connectivity index (χ0n) is 25.2. The van der Waals surface area contributed by atoms with Gasteiger partial charge in [0, 0.05) is 23.7 Å². The summed E-state index contributed by atoms with van der Waals surface area (Å²) in [5.74, 6) is 0.321. The fourth-order valence-corrected chi connectivity index (χ4v) is 10.8. The van der Waals surface area contributed by atoms with E-state index in [1.165, 1.54) is 12.5 Å². The molecule has 0 unspecified atom stereocenters. The SMILES string of the molecule is CC(=O)O[C@@H]1CC[C@@]2(C)[C@H](C[C@@H](O)[C@@]3(C)C4=CC[C@@H]([C@H]5C[C@H]([C@H](O)C(C)(C)O)O[C@H]5O)[C@]4(C)CC[C@@H]23)C1(C)C. The smallest absolute Gasteiger partial charge is 0.302 e. The molecular formula is C32H52O7. The molecule has 0 aromatic carbocycles. The molecule has 5 aliphatic rings. The van der Waals surface area contributed by atoms with E-state index < -0.39 is 30.2 Å². The van der Waals surface area contributed by atoms with Crippen LogP contribution in [0.2, 0.25) is 0 Å². The van der Waals surface area contributed by atoms with E-state index in [-0.39, 0.29) is 51.5 Å². The molecule has 4 N–H and O–H groups in total. The van der Waals surface area contributed by atoms with Gasteiger partial charge in [0.25, 0.3) is 0 Å². The van der Waals surface area contributed by atoms with Gasteiger partial charge >= 0.3 is 5.97 Å². The first-order valence-corrected chi connectivity index (χ1v) is 15.2. The Balaban J connectivity index is 1.42. The Bertz CT molecular complexity index is 1010. The van der Waals surface area contributed by atoms with Gasteiger partial charge in [-0.25, -0.2) is 0 Å². The van der Waals surface area contributed by atoms with Crippen LogP contribution >= 0.6 is 0 Å². The first kappa shape index (κ1) is 29.5. The van der Waals surface area contributed by atoms with Crippen LogP contribution < -0.4 is 0 Å². The molecule has 7 nitrogen and oxygen atoms in total. The Labute approximate surface area is 234 Å². The number of hydrogen-bond donors (Lipinski definition) is 4. The summed E-state index contributed by atoms with van der Waals surface area (Å²) >= 11 is 0. The molecule has 39 heavy (non-hydrogen) atoms. The van der Waals surface area contributed by atoms with Crippen molar-refractivity contribution in [2.24, 2.45) is 45.3 Å². The van der Waals surface area contributed by atoms with Crippen LogP contribution in [0.25, 0.3) is 0 Å². The standard InChI is InChI=1S/C32H52O7/c1-17(33)38-25-12-14-31(7)22-11-13-30(6)19(18-15-20(39-27(18)36)26(35)29(4,5)37)9-10-21(30)32(22,8)24(34)16-23(31)28(25,2)3/h10,18-20,22-27,34-37H,9,11-16H2,1-8H3/t18-,19+,20-,22+,23-,24-,25-,26+,27-,30+,31-,32+/m1/s1. The van der Waals surface area contributed by atoms with Crippen molar-refractivity contribution in [3.05, 3.63) is 11.6 Å². The molecule has 5 rings (SSSR count). The van der Waals surface area contributed by atoms with Crippen molar-refractivity contribution < 1.29 is 34.7 Å². The summed E-state index contributed by atoms with van der Waals surface area (Å²) < 4.78 is 11.6. The van der Waals surface area contributed by atoms with Crippen LogP contribution in [-0.2, 0) is 14.3 Å². The lowest BCUT2D eigenvalue weighted by molar-refractivity contribution is -0.220. The zero-order chi connectivity index (χ0) is 28.9. The van der Waals surface area contributed by atoms with E-state index in [2.05, 4.69) is 40.7 Å². The average molecular weight is 549 g/mol. The molecule has 1 saturated heterocycles. The number of aliphatic hydroxyl groups is 4. The van der Waals surface area contributed by atoms with Crippen LogP contribution in [0, 0.1) is 45.3 Å². The van der Waals surface area contributed by atoms with Crippen LogP contribution in [-0.4, -0.2) is 62.7 Å². The van der Waals surface area contributed by atoms with Gasteiger partial charge in [-0.15, -0.1) is 0 Å². The monoisotopic (exact) mass is 548 g/mol. The van der Waals surface area contributed by atoms with Gasteiger partial charge < -0.3 is 29.9 Å². The molecule has 7 heteroatoms. The third-order valence-electron chi connectivity index (χ3n) is 12.8. The van der Waals surface area contributed by atoms with Crippen molar-refractivity contribution in [2.45, 2.75) is 137 Å². The molecule has 3 saturated carbocycles. The van der Waals surface area contributed by atoms with Crippen molar-refractivity contribution in [1.82, 2.24) is 0 Å². The molecule has 0 bridgehead atoms. The predicted octanol–water partition coefficient (Wildman–Crippen LogP) is 4.35. The summed E-state index contributed by atoms with van der Waals surface area (Å²) in [6, 6.07) is 0. The lowest BCUT2D eigenvalue weighted by Gasteiger charge is -2.68. The molecule has 222 valence electrons. The highest BCUT2D eigenvalue weighted by atomic mass is 16.6. The summed E-state index contributed by atoms with van der Waals surface area (Å²) in [4.78, 5) is 11.9. The first-order valence-electron chi connectivity index (χ1n) is 15.2. The average Bonchev–Trinajstić information content (AvgIpc) is 3.36. The third kappa shape index (κ3) is 4.19. The number of rotatable bonds is 4. The topological polar surface area (TPSA) is 116 Å². The molecule has 1 heterocycles. The van der Waals surface area contributed by atoms with Gasteiger partial charge in [-0.05, 0) is 87.4 Å². The van der Waals surface area contributed by atoms with Gasteiger partial charge in [0.1, 0.15) is 12.2 Å². The van der Waals surface area contributed by atoms with Crippen LogP contribution in [0.5, 0.6) is 0 Å². The number of carbonyl (C=O) groups excluding carboxylic acids is 1. The number of fused-ring (bicyclic) bond motifs is 5. The summed E-state index contributed by atoms with van der Waals surface area (Å²) in [5, 5.41) is 44.0. The van der Waals surface area contributed by atoms with Gasteiger partial charge in [-0.1, -0.05) is 46.3 Å². The van der Waals surface area contributed by atoms with Gasteiger partial charge in [-0.2, -0.15) is 0 Å². The van der Waals surface area contributed by atoms with E-state index in [9.17, 15) is 25.2 Å². The molecule has 0 radical (unpaired) electrons. The fourth-order valence-electron chi connectivity index (χ4n) is 10.8. The highest BCUT2D eigenvalue weighted by Gasteiger charge is 2.69.